The van der Waals surface area contributed by atoms with Crippen LogP contribution in [0.2, 0.25) is 0 Å². The van der Waals surface area contributed by atoms with Crippen LogP contribution >= 0.6 is 24.8 Å². The summed E-state index contributed by atoms with van der Waals surface area (Å²) in [6, 6.07) is 13.4. The summed E-state index contributed by atoms with van der Waals surface area (Å²) < 4.78 is 4.93. The molecule has 1 aliphatic carbocycles. The van der Waals surface area contributed by atoms with Crippen molar-refractivity contribution < 1.29 is 19.4 Å². The molecule has 0 bridgehead atoms. The van der Waals surface area contributed by atoms with E-state index in [1.807, 2.05) is 0 Å². The van der Waals surface area contributed by atoms with Crippen LogP contribution in [0.5, 0.6) is 0 Å². The maximum Gasteiger partial charge on any atom is -0.147 e. The van der Waals surface area contributed by atoms with E-state index in [4.69, 9.17) is 0 Å². The standard InChI is InChI=1S/C16H13.C4H10N.2ClH.Ti/c1-12-15-9-5-4-8-14(15)10-11-16(12)13-6-2-3-7-13;1-4(2,3)5;;;/h2-6,8-11H,1,7H2;5H,1-3H3;2*1H;/q;-1;;;+1. The molecule has 0 saturated heterocycles. The zero-order valence-electron chi connectivity index (χ0n) is 14.4. The third kappa shape index (κ3) is 5.21. The van der Waals surface area contributed by atoms with Crippen molar-refractivity contribution in [1.29, 1.82) is 0 Å². The van der Waals surface area contributed by atoms with E-state index >= 15 is 0 Å². The molecule has 4 heteroatoms. The van der Waals surface area contributed by atoms with Gasteiger partial charge in [-0.2, -0.15) is 0 Å². The van der Waals surface area contributed by atoms with Gasteiger partial charge < -0.3 is 0 Å². The Morgan fingerprint density at radius 2 is 1.79 bits per heavy atom. The van der Waals surface area contributed by atoms with Gasteiger partial charge in [0.25, 0.3) is 0 Å². The van der Waals surface area contributed by atoms with Gasteiger partial charge in [0.1, 0.15) is 0 Å². The van der Waals surface area contributed by atoms with Crippen molar-refractivity contribution in [2.24, 2.45) is 0 Å². The zero-order chi connectivity index (χ0) is 15.6. The maximum atomic E-state index is 3.74. The first-order chi connectivity index (χ1) is 10.5. The van der Waals surface area contributed by atoms with Gasteiger partial charge in [0.05, 0.1) is 0 Å². The molecule has 2 aromatic rings. The minimum Gasteiger partial charge on any atom is -0.147 e. The van der Waals surface area contributed by atoms with E-state index in [-0.39, 0.29) is 49.8 Å². The molecule has 1 N–H and O–H groups in total. The topological polar surface area (TPSA) is 12.0 Å². The Balaban J connectivity index is 0.00000144. The second kappa shape index (κ2) is 9.22. The largest absolute Gasteiger partial charge is 0.147 e. The summed E-state index contributed by atoms with van der Waals surface area (Å²) in [4.78, 5) is 0. The average molecular weight is 398 g/mol. The zero-order valence-corrected chi connectivity index (χ0v) is 17.6. The van der Waals surface area contributed by atoms with Gasteiger partial charge in [-0.15, -0.1) is 24.8 Å². The number of hydrogen-bond donors (Lipinski definition) is 1. The molecule has 1 aliphatic rings. The van der Waals surface area contributed by atoms with Crippen LogP contribution < -0.4 is 3.80 Å². The Morgan fingerprint density at radius 1 is 1.04 bits per heavy atom. The van der Waals surface area contributed by atoms with Crippen molar-refractivity contribution in [2.45, 2.75) is 37.5 Å². The normalized spacial score (nSPS) is 13.2. The first-order valence-electron chi connectivity index (χ1n) is 7.91. The van der Waals surface area contributed by atoms with Crippen molar-refractivity contribution in [1.82, 2.24) is 3.80 Å². The molecule has 0 atom stereocenters. The van der Waals surface area contributed by atoms with E-state index in [2.05, 4.69) is 79.2 Å². The smallest absolute Gasteiger partial charge is 0.147 e. The van der Waals surface area contributed by atoms with Crippen molar-refractivity contribution in [3.63, 3.8) is 0 Å². The molecule has 0 fully saturated rings. The molecule has 0 radical (unpaired) electrons. The molecule has 0 saturated carbocycles. The molecular formula is C20H25Cl2NTi. The minimum absolute atomic E-state index is 0. The molecule has 0 heterocycles. The summed E-state index contributed by atoms with van der Waals surface area (Å²) >= 11 is -0.192. The van der Waals surface area contributed by atoms with Gasteiger partial charge in [-0.05, 0) is 0 Å². The van der Waals surface area contributed by atoms with Crippen molar-refractivity contribution in [2.75, 3.05) is 0 Å². The second-order valence-electron chi connectivity index (χ2n) is 6.87. The number of rotatable bonds is 4. The monoisotopic (exact) mass is 397 g/mol. The maximum absolute atomic E-state index is 3.74. The fraction of sp³-hybridized carbons (Fsp3) is 0.300. The fourth-order valence-electron chi connectivity index (χ4n) is 2.87. The Hall–Kier alpha value is -0.566. The molecule has 0 aliphatic heterocycles. The Kier molecular flexibility index (Phi) is 8.25. The van der Waals surface area contributed by atoms with E-state index in [0.29, 0.717) is 0 Å². The van der Waals surface area contributed by atoms with E-state index in [1.54, 1.807) is 0 Å². The average Bonchev–Trinajstić information content (AvgIpc) is 3.00. The molecule has 0 aromatic heterocycles. The summed E-state index contributed by atoms with van der Waals surface area (Å²) in [5, 5.41) is 2.78. The van der Waals surface area contributed by atoms with Gasteiger partial charge in [0.15, 0.2) is 0 Å². The first-order valence-corrected chi connectivity index (χ1v) is 9.80. The van der Waals surface area contributed by atoms with Crippen LogP contribution in [0.3, 0.4) is 0 Å². The quantitative estimate of drug-likeness (QED) is 0.632. The number of fused-ring (bicyclic) bond motifs is 1. The number of hydrogen-bond acceptors (Lipinski definition) is 1. The van der Waals surface area contributed by atoms with E-state index in [9.17, 15) is 0 Å². The van der Waals surface area contributed by atoms with Gasteiger partial charge in [-0.3, -0.25) is 0 Å². The Morgan fingerprint density at radius 3 is 2.46 bits per heavy atom. The van der Waals surface area contributed by atoms with Gasteiger partial charge in [0.2, 0.25) is 0 Å². The van der Waals surface area contributed by atoms with Crippen LogP contribution in [0.15, 0.2) is 54.6 Å². The third-order valence-corrected chi connectivity index (χ3v) is 6.16. The molecule has 3 rings (SSSR count). The predicted octanol–water partition coefficient (Wildman–Crippen LogP) is 5.91. The third-order valence-electron chi connectivity index (χ3n) is 3.89. The van der Waals surface area contributed by atoms with Crippen LogP contribution in [0.1, 0.15) is 38.3 Å². The SMILES string of the molecule is CC(C)(C)[NH][Ti][CH2]c1c(C2=CC=CC2)ccc2ccccc12.Cl.Cl. The molecule has 1 nitrogen and oxygen atoms in total. The number of nitrogens with one attached hydrogen (secondary N) is 1. The van der Waals surface area contributed by atoms with Crippen LogP contribution in [0.25, 0.3) is 16.3 Å². The molecule has 2 aromatic carbocycles. The van der Waals surface area contributed by atoms with Gasteiger partial charge in [-0.25, -0.2) is 0 Å². The van der Waals surface area contributed by atoms with Gasteiger partial charge >= 0.3 is 143 Å². The number of halogens is 2. The van der Waals surface area contributed by atoms with Crippen molar-refractivity contribution >= 4 is 41.2 Å². The molecular weight excluding hydrogens is 373 g/mol. The molecule has 0 unspecified atom stereocenters. The van der Waals surface area contributed by atoms with E-state index in [1.165, 1.54) is 32.2 Å². The van der Waals surface area contributed by atoms with Crippen LogP contribution in [0, 0.1) is 0 Å². The predicted molar refractivity (Wildman–Crippen MR) is 107 cm³/mol. The summed E-state index contributed by atoms with van der Waals surface area (Å²) in [7, 11) is 0. The number of benzene rings is 2. The fourth-order valence-corrected chi connectivity index (χ4v) is 4.71. The van der Waals surface area contributed by atoms with E-state index < -0.39 is 0 Å². The Bertz CT molecular complexity index is 745. The summed E-state index contributed by atoms with van der Waals surface area (Å²) in [5.41, 5.74) is 4.66. The minimum atomic E-state index is -0.192. The molecule has 0 spiro atoms. The second-order valence-corrected chi connectivity index (χ2v) is 8.36. The summed E-state index contributed by atoms with van der Waals surface area (Å²) in [6.45, 7) is 6.76. The number of allylic oxidation sites excluding steroid dienone is 4. The summed E-state index contributed by atoms with van der Waals surface area (Å²) in [6.07, 6.45) is 7.76. The van der Waals surface area contributed by atoms with Gasteiger partial charge in [-0.1, -0.05) is 0 Å². The van der Waals surface area contributed by atoms with Crippen LogP contribution in [0.4, 0.5) is 0 Å². The molecule has 0 amide bonds. The van der Waals surface area contributed by atoms with E-state index in [0.717, 1.165) is 6.42 Å². The Labute approximate surface area is 167 Å². The first kappa shape index (κ1) is 21.5. The van der Waals surface area contributed by atoms with Crippen molar-refractivity contribution in [3.8, 4) is 0 Å². The van der Waals surface area contributed by atoms with Gasteiger partial charge in [0, 0.05) is 0 Å². The summed E-state index contributed by atoms with van der Waals surface area (Å²) in [5.74, 6) is 0. The van der Waals surface area contributed by atoms with Crippen molar-refractivity contribution in [3.05, 3.63) is 65.8 Å². The van der Waals surface area contributed by atoms with Crippen LogP contribution in [-0.4, -0.2) is 5.54 Å². The van der Waals surface area contributed by atoms with Crippen LogP contribution in [-0.2, 0) is 24.1 Å². The molecule has 24 heavy (non-hydrogen) atoms. The molecule has 128 valence electrons.